The van der Waals surface area contributed by atoms with Crippen molar-refractivity contribution in [1.29, 1.82) is 10.8 Å². The minimum atomic E-state index is 1.25. The molecule has 0 bridgehead atoms. The van der Waals surface area contributed by atoms with Crippen LogP contribution in [0.5, 0.6) is 0 Å². The molecule has 2 N–H and O–H groups in total. The van der Waals surface area contributed by atoms with Gasteiger partial charge in [0.15, 0.2) is 0 Å². The molecule has 0 fully saturated rings. The maximum atomic E-state index is 5.62. The first kappa shape index (κ1) is 6.52. The van der Waals surface area contributed by atoms with E-state index in [9.17, 15) is 0 Å². The molecular formula is C3H4N4O. The molecule has 42 valence electrons. The molecule has 0 aliphatic carbocycles. The minimum Gasteiger partial charge on any atom is -0.346 e. The monoisotopic (exact) mass is 112 g/mol. The molecule has 0 radical (unpaired) electrons. The highest BCUT2D eigenvalue weighted by molar-refractivity contribution is 5.29. The molecule has 0 saturated carbocycles. The Hall–Kier alpha value is -1.48. The first-order valence-corrected chi connectivity index (χ1v) is 1.71. The highest BCUT2D eigenvalue weighted by atomic mass is 16.5. The smallest absolute Gasteiger partial charge is 0.144 e. The van der Waals surface area contributed by atoms with Crippen molar-refractivity contribution in [3.05, 3.63) is 12.5 Å². The fourth-order valence-electron chi connectivity index (χ4n) is 0.136. The third kappa shape index (κ3) is 4.52. The molecule has 0 aliphatic rings. The Morgan fingerprint density at radius 2 is 2.12 bits per heavy atom. The maximum absolute atomic E-state index is 5.62. The van der Waals surface area contributed by atoms with Crippen molar-refractivity contribution in [2.75, 3.05) is 0 Å². The quantitative estimate of drug-likeness (QED) is 0.476. The zero-order valence-corrected chi connectivity index (χ0v) is 3.96. The van der Waals surface area contributed by atoms with Gasteiger partial charge in [0.25, 0.3) is 0 Å². The summed E-state index contributed by atoms with van der Waals surface area (Å²) >= 11 is 0. The normalized spacial score (nSPS) is 6.00. The van der Waals surface area contributed by atoms with E-state index in [-0.39, 0.29) is 0 Å². The molecule has 0 aliphatic heterocycles. The number of hydrogen-bond acceptors (Lipinski definition) is 5. The average Bonchev–Trinajstić information content (AvgIpc) is 2.17. The van der Waals surface area contributed by atoms with Crippen LogP contribution in [0.15, 0.2) is 17.0 Å². The molecule has 1 rings (SSSR count). The van der Waals surface area contributed by atoms with Crippen LogP contribution in [0, 0.1) is 10.8 Å². The number of hydrogen-bond donors (Lipinski definition) is 2. The van der Waals surface area contributed by atoms with E-state index in [1.807, 2.05) is 0 Å². The third-order valence-corrected chi connectivity index (χ3v) is 0.283. The maximum Gasteiger partial charge on any atom is 0.144 e. The van der Waals surface area contributed by atoms with Crippen LogP contribution in [0.4, 0.5) is 0 Å². The van der Waals surface area contributed by atoms with Gasteiger partial charge in [-0.05, 0) is 0 Å². The van der Waals surface area contributed by atoms with Crippen molar-refractivity contribution in [3.8, 4) is 0 Å². The zero-order valence-electron chi connectivity index (χ0n) is 3.96. The average molecular weight is 112 g/mol. The van der Waals surface area contributed by atoms with Gasteiger partial charge in [0.05, 0.1) is 12.2 Å². The summed E-state index contributed by atoms with van der Waals surface area (Å²) in [5, 5.41) is 17.7. The molecule has 1 aromatic heterocycles. The molecule has 0 unspecified atom stereocenters. The lowest BCUT2D eigenvalue weighted by molar-refractivity contribution is 0.393. The highest BCUT2D eigenvalue weighted by Gasteiger charge is 1.61. The lowest BCUT2D eigenvalue weighted by Gasteiger charge is -1.45. The molecule has 8 heavy (non-hydrogen) atoms. The standard InChI is InChI=1S/C2H2N2O.CH2N2/c1-2-5-4-3-1;2-1-3/h1-2H;2-3H. The largest absolute Gasteiger partial charge is 0.346 e. The number of nitrogens with one attached hydrogen (secondary N) is 2. The van der Waals surface area contributed by atoms with Crippen molar-refractivity contribution >= 4 is 6.01 Å². The van der Waals surface area contributed by atoms with Gasteiger partial charge in [-0.3, -0.25) is 0 Å². The fourth-order valence-corrected chi connectivity index (χ4v) is 0.136. The second-order valence-corrected chi connectivity index (χ2v) is 0.713. The second kappa shape index (κ2) is 5.52. The van der Waals surface area contributed by atoms with Crippen LogP contribution in [-0.2, 0) is 0 Å². The number of nitrogens with zero attached hydrogens (tertiary/aromatic N) is 2. The minimum absolute atomic E-state index is 1.25. The SMILES string of the molecule is N=C=N.c1conn1. The Balaban J connectivity index is 0.000000145. The predicted molar refractivity (Wildman–Crippen MR) is 24.7 cm³/mol. The van der Waals surface area contributed by atoms with Crippen molar-refractivity contribution in [3.63, 3.8) is 0 Å². The van der Waals surface area contributed by atoms with Crippen LogP contribution in [0.2, 0.25) is 0 Å². The van der Waals surface area contributed by atoms with Crippen molar-refractivity contribution in [1.82, 2.24) is 10.4 Å². The summed E-state index contributed by atoms with van der Waals surface area (Å²) in [6, 6.07) is 1.25. The van der Waals surface area contributed by atoms with E-state index in [4.69, 9.17) is 10.8 Å². The van der Waals surface area contributed by atoms with E-state index >= 15 is 0 Å². The van der Waals surface area contributed by atoms with E-state index < -0.39 is 0 Å². The van der Waals surface area contributed by atoms with Crippen molar-refractivity contribution in [2.45, 2.75) is 0 Å². The Kier molecular flexibility index (Phi) is 4.50. The van der Waals surface area contributed by atoms with Gasteiger partial charge in [0, 0.05) is 5.27 Å². The van der Waals surface area contributed by atoms with E-state index in [1.54, 1.807) is 0 Å². The first-order valence-electron chi connectivity index (χ1n) is 1.71. The molecule has 0 atom stereocenters. The van der Waals surface area contributed by atoms with Gasteiger partial charge in [-0.2, -0.15) is 0 Å². The summed E-state index contributed by atoms with van der Waals surface area (Å²) in [5.74, 6) is 0. The molecule has 5 nitrogen and oxygen atoms in total. The van der Waals surface area contributed by atoms with Gasteiger partial charge in [-0.1, -0.05) is 0 Å². The third-order valence-electron chi connectivity index (χ3n) is 0.283. The molecule has 0 amide bonds. The van der Waals surface area contributed by atoms with E-state index in [1.165, 1.54) is 18.5 Å². The van der Waals surface area contributed by atoms with Crippen LogP contribution >= 0.6 is 0 Å². The topological polar surface area (TPSA) is 86.6 Å². The molecule has 0 aromatic carbocycles. The highest BCUT2D eigenvalue weighted by Crippen LogP contribution is 1.64. The number of rotatable bonds is 0. The Morgan fingerprint density at radius 3 is 2.25 bits per heavy atom. The molecule has 0 saturated heterocycles. The molecular weight excluding hydrogens is 108 g/mol. The summed E-state index contributed by atoms with van der Waals surface area (Å²) in [7, 11) is 0. The first-order chi connectivity index (χ1) is 3.91. The Labute approximate surface area is 45.3 Å². The molecule has 1 heterocycles. The van der Waals surface area contributed by atoms with Crippen LogP contribution in [0.25, 0.3) is 0 Å². The van der Waals surface area contributed by atoms with Crippen molar-refractivity contribution < 1.29 is 4.52 Å². The lowest BCUT2D eigenvalue weighted by atomic mass is 11.0. The summed E-state index contributed by atoms with van der Waals surface area (Å²) in [6.07, 6.45) is 2.88. The van der Waals surface area contributed by atoms with Crippen LogP contribution in [0.1, 0.15) is 0 Å². The van der Waals surface area contributed by atoms with Gasteiger partial charge in [0.1, 0.15) is 6.26 Å². The van der Waals surface area contributed by atoms with Gasteiger partial charge in [-0.15, -0.1) is 5.10 Å². The van der Waals surface area contributed by atoms with Crippen molar-refractivity contribution in [2.24, 2.45) is 0 Å². The fraction of sp³-hybridized carbons (Fsp3) is 0. The van der Waals surface area contributed by atoms with E-state index in [2.05, 4.69) is 14.9 Å². The van der Waals surface area contributed by atoms with Gasteiger partial charge >= 0.3 is 0 Å². The number of aromatic nitrogens is 2. The van der Waals surface area contributed by atoms with E-state index in [0.717, 1.165) is 0 Å². The molecule has 0 spiro atoms. The molecule has 1 aromatic rings. The van der Waals surface area contributed by atoms with Crippen LogP contribution < -0.4 is 0 Å². The summed E-state index contributed by atoms with van der Waals surface area (Å²) in [4.78, 5) is 0. The molecule has 5 heteroatoms. The summed E-state index contributed by atoms with van der Waals surface area (Å²) in [6.45, 7) is 0. The zero-order chi connectivity index (χ0) is 6.24. The van der Waals surface area contributed by atoms with Gasteiger partial charge < -0.3 is 4.52 Å². The van der Waals surface area contributed by atoms with Crippen LogP contribution in [0.3, 0.4) is 0 Å². The summed E-state index contributed by atoms with van der Waals surface area (Å²) in [5.41, 5.74) is 0. The second-order valence-electron chi connectivity index (χ2n) is 0.713. The Morgan fingerprint density at radius 1 is 1.50 bits per heavy atom. The van der Waals surface area contributed by atoms with Crippen LogP contribution in [-0.4, -0.2) is 16.4 Å². The Bertz CT molecular complexity index is 123. The lowest BCUT2D eigenvalue weighted by Crippen LogP contribution is -1.53. The van der Waals surface area contributed by atoms with Gasteiger partial charge in [0.2, 0.25) is 0 Å². The van der Waals surface area contributed by atoms with E-state index in [0.29, 0.717) is 0 Å². The predicted octanol–water partition coefficient (Wildman–Crippen LogP) is 0.387. The van der Waals surface area contributed by atoms with Gasteiger partial charge in [-0.25, -0.2) is 10.8 Å². The summed E-state index contributed by atoms with van der Waals surface area (Å²) < 4.78 is 4.22.